The first-order chi connectivity index (χ1) is 7.67. The van der Waals surface area contributed by atoms with E-state index in [2.05, 4.69) is 6.92 Å². The fraction of sp³-hybridized carbons (Fsp3) is 0.462. The predicted octanol–water partition coefficient (Wildman–Crippen LogP) is 2.49. The van der Waals surface area contributed by atoms with E-state index in [1.807, 2.05) is 19.1 Å². The molecule has 0 aliphatic rings. The first-order valence-corrected chi connectivity index (χ1v) is 5.67. The molecule has 0 saturated heterocycles. The van der Waals surface area contributed by atoms with Crippen molar-refractivity contribution in [3.63, 3.8) is 0 Å². The molecule has 1 aromatic carbocycles. The van der Waals surface area contributed by atoms with Gasteiger partial charge < -0.3 is 10.5 Å². The molecule has 1 rings (SSSR count). The maximum absolute atomic E-state index is 11.7. The van der Waals surface area contributed by atoms with Gasteiger partial charge in [0.25, 0.3) is 0 Å². The summed E-state index contributed by atoms with van der Waals surface area (Å²) in [5.41, 5.74) is 7.08. The van der Waals surface area contributed by atoms with Gasteiger partial charge in [0.1, 0.15) is 0 Å². The number of hydrogen-bond acceptors (Lipinski definition) is 3. The molecule has 0 radical (unpaired) electrons. The number of carbonyl (C=O) groups excluding carboxylic acids is 1. The van der Waals surface area contributed by atoms with E-state index in [0.717, 1.165) is 18.4 Å². The van der Waals surface area contributed by atoms with Gasteiger partial charge in [-0.15, -0.1) is 0 Å². The second-order valence-corrected chi connectivity index (χ2v) is 3.91. The highest BCUT2D eigenvalue weighted by Gasteiger charge is 2.10. The van der Waals surface area contributed by atoms with Crippen LogP contribution in [0.5, 0.6) is 0 Å². The maximum Gasteiger partial charge on any atom is 0.338 e. The van der Waals surface area contributed by atoms with Crippen LogP contribution in [0, 0.1) is 0 Å². The molecule has 0 aliphatic carbocycles. The van der Waals surface area contributed by atoms with Crippen LogP contribution in [0.2, 0.25) is 0 Å². The number of rotatable bonds is 5. The zero-order chi connectivity index (χ0) is 12.0. The summed E-state index contributed by atoms with van der Waals surface area (Å²) < 4.78 is 5.28. The highest BCUT2D eigenvalue weighted by Crippen LogP contribution is 2.09. The summed E-state index contributed by atoms with van der Waals surface area (Å²) >= 11 is 0. The van der Waals surface area contributed by atoms with Crippen molar-refractivity contribution in [3.05, 3.63) is 35.4 Å². The lowest BCUT2D eigenvalue weighted by molar-refractivity contribution is 0.0323. The first-order valence-electron chi connectivity index (χ1n) is 5.67. The van der Waals surface area contributed by atoms with Crippen LogP contribution in [-0.4, -0.2) is 12.1 Å². The van der Waals surface area contributed by atoms with Crippen molar-refractivity contribution in [2.45, 2.75) is 39.3 Å². The lowest BCUT2D eigenvalue weighted by atomic mass is 10.1. The van der Waals surface area contributed by atoms with E-state index in [1.54, 1.807) is 12.1 Å². The van der Waals surface area contributed by atoms with E-state index in [4.69, 9.17) is 10.5 Å². The van der Waals surface area contributed by atoms with Gasteiger partial charge in [-0.1, -0.05) is 25.5 Å². The molecular weight excluding hydrogens is 202 g/mol. The third kappa shape index (κ3) is 3.66. The molecule has 0 fully saturated rings. The topological polar surface area (TPSA) is 52.3 Å². The molecule has 0 heterocycles. The third-order valence-electron chi connectivity index (χ3n) is 2.43. The van der Waals surface area contributed by atoms with Crippen molar-refractivity contribution < 1.29 is 9.53 Å². The minimum atomic E-state index is -0.260. The lowest BCUT2D eigenvalue weighted by Crippen LogP contribution is -2.14. The van der Waals surface area contributed by atoms with Crippen molar-refractivity contribution in [3.8, 4) is 0 Å². The van der Waals surface area contributed by atoms with Gasteiger partial charge in [0.2, 0.25) is 0 Å². The van der Waals surface area contributed by atoms with E-state index < -0.39 is 0 Å². The summed E-state index contributed by atoms with van der Waals surface area (Å²) in [5.74, 6) is -0.260. The first kappa shape index (κ1) is 12.7. The SMILES string of the molecule is CCCC(C)OC(=O)c1ccc(CN)cc1. The summed E-state index contributed by atoms with van der Waals surface area (Å²) in [6, 6.07) is 7.20. The molecule has 16 heavy (non-hydrogen) atoms. The standard InChI is InChI=1S/C13H19NO2/c1-3-4-10(2)16-13(15)12-7-5-11(9-14)6-8-12/h5-8,10H,3-4,9,14H2,1-2H3. The Morgan fingerprint density at radius 2 is 2.00 bits per heavy atom. The van der Waals surface area contributed by atoms with Crippen LogP contribution < -0.4 is 5.73 Å². The maximum atomic E-state index is 11.7. The highest BCUT2D eigenvalue weighted by atomic mass is 16.5. The van der Waals surface area contributed by atoms with Crippen molar-refractivity contribution in [2.24, 2.45) is 5.73 Å². The Hall–Kier alpha value is -1.35. The monoisotopic (exact) mass is 221 g/mol. The van der Waals surface area contributed by atoms with Gasteiger partial charge in [-0.05, 0) is 31.0 Å². The van der Waals surface area contributed by atoms with Crippen molar-refractivity contribution in [1.29, 1.82) is 0 Å². The Balaban J connectivity index is 2.59. The van der Waals surface area contributed by atoms with E-state index in [-0.39, 0.29) is 12.1 Å². The van der Waals surface area contributed by atoms with Gasteiger partial charge in [-0.25, -0.2) is 4.79 Å². The van der Waals surface area contributed by atoms with Gasteiger partial charge >= 0.3 is 5.97 Å². The number of nitrogens with two attached hydrogens (primary N) is 1. The van der Waals surface area contributed by atoms with Crippen LogP contribution in [0.15, 0.2) is 24.3 Å². The fourth-order valence-electron chi connectivity index (χ4n) is 1.49. The molecule has 0 aromatic heterocycles. The van der Waals surface area contributed by atoms with Gasteiger partial charge in [0, 0.05) is 6.54 Å². The molecule has 2 N–H and O–H groups in total. The molecule has 0 aliphatic heterocycles. The highest BCUT2D eigenvalue weighted by molar-refractivity contribution is 5.89. The molecule has 88 valence electrons. The Morgan fingerprint density at radius 1 is 1.38 bits per heavy atom. The van der Waals surface area contributed by atoms with E-state index in [1.165, 1.54) is 0 Å². The number of esters is 1. The summed E-state index contributed by atoms with van der Waals surface area (Å²) in [5, 5.41) is 0. The van der Waals surface area contributed by atoms with Crippen LogP contribution in [0.4, 0.5) is 0 Å². The summed E-state index contributed by atoms with van der Waals surface area (Å²) in [6.45, 7) is 4.47. The number of carbonyl (C=O) groups is 1. The zero-order valence-corrected chi connectivity index (χ0v) is 9.90. The molecule has 0 spiro atoms. The summed E-state index contributed by atoms with van der Waals surface area (Å²) in [4.78, 5) is 11.7. The number of hydrogen-bond donors (Lipinski definition) is 1. The molecule has 0 amide bonds. The summed E-state index contributed by atoms with van der Waals surface area (Å²) in [7, 11) is 0. The van der Waals surface area contributed by atoms with Crippen molar-refractivity contribution in [2.75, 3.05) is 0 Å². The van der Waals surface area contributed by atoms with Crippen LogP contribution in [0.25, 0.3) is 0 Å². The van der Waals surface area contributed by atoms with Crippen LogP contribution in [0.3, 0.4) is 0 Å². The average molecular weight is 221 g/mol. The van der Waals surface area contributed by atoms with Crippen LogP contribution in [-0.2, 0) is 11.3 Å². The molecule has 3 heteroatoms. The minimum absolute atomic E-state index is 0.0216. The predicted molar refractivity (Wildman–Crippen MR) is 64.1 cm³/mol. The second kappa shape index (κ2) is 6.28. The van der Waals surface area contributed by atoms with E-state index in [0.29, 0.717) is 12.1 Å². The minimum Gasteiger partial charge on any atom is -0.459 e. The van der Waals surface area contributed by atoms with E-state index >= 15 is 0 Å². The van der Waals surface area contributed by atoms with Gasteiger partial charge in [0.15, 0.2) is 0 Å². The van der Waals surface area contributed by atoms with Gasteiger partial charge in [-0.3, -0.25) is 0 Å². The molecule has 1 unspecified atom stereocenters. The normalized spacial score (nSPS) is 12.2. The van der Waals surface area contributed by atoms with Crippen molar-refractivity contribution >= 4 is 5.97 Å². The largest absolute Gasteiger partial charge is 0.459 e. The average Bonchev–Trinajstić information content (AvgIpc) is 2.29. The molecule has 3 nitrogen and oxygen atoms in total. The zero-order valence-electron chi connectivity index (χ0n) is 9.90. The third-order valence-corrected chi connectivity index (χ3v) is 2.43. The Bertz CT molecular complexity index is 332. The number of benzene rings is 1. The van der Waals surface area contributed by atoms with Crippen LogP contribution >= 0.6 is 0 Å². The molecule has 1 atom stereocenters. The molecular formula is C13H19NO2. The van der Waals surface area contributed by atoms with Gasteiger partial charge in [0.05, 0.1) is 11.7 Å². The summed E-state index contributed by atoms with van der Waals surface area (Å²) in [6.07, 6.45) is 1.89. The smallest absolute Gasteiger partial charge is 0.338 e. The molecule has 0 saturated carbocycles. The van der Waals surface area contributed by atoms with Crippen molar-refractivity contribution in [1.82, 2.24) is 0 Å². The Morgan fingerprint density at radius 3 is 2.50 bits per heavy atom. The quantitative estimate of drug-likeness (QED) is 0.777. The van der Waals surface area contributed by atoms with E-state index in [9.17, 15) is 4.79 Å². The molecule has 0 bridgehead atoms. The Kier molecular flexibility index (Phi) is 4.99. The Labute approximate surface area is 96.6 Å². The second-order valence-electron chi connectivity index (χ2n) is 3.91. The number of ether oxygens (including phenoxy) is 1. The lowest BCUT2D eigenvalue weighted by Gasteiger charge is -2.12. The van der Waals surface area contributed by atoms with Crippen LogP contribution in [0.1, 0.15) is 42.6 Å². The van der Waals surface area contributed by atoms with Gasteiger partial charge in [-0.2, -0.15) is 0 Å². The molecule has 1 aromatic rings. The fourth-order valence-corrected chi connectivity index (χ4v) is 1.49.